The number of fused-ring (bicyclic) bond motifs is 1. The van der Waals surface area contributed by atoms with Crippen molar-refractivity contribution < 1.29 is 14.7 Å². The Labute approximate surface area is 153 Å². The SMILES string of the molecule is CC(C)(C)C(NC(=O)CN1C[C@@H]2CCC[C@@]2(C(=O)O)C1)c1cccs1. The fourth-order valence-corrected chi connectivity index (χ4v) is 5.46. The number of thiophene rings is 1. The van der Waals surface area contributed by atoms with Gasteiger partial charge in [-0.05, 0) is 35.6 Å². The predicted octanol–water partition coefficient (Wildman–Crippen LogP) is 3.14. The van der Waals surface area contributed by atoms with E-state index in [0.29, 0.717) is 6.54 Å². The first-order valence-electron chi connectivity index (χ1n) is 9.01. The van der Waals surface area contributed by atoms with Crippen molar-refractivity contribution in [1.82, 2.24) is 10.2 Å². The average molecular weight is 365 g/mol. The van der Waals surface area contributed by atoms with Crippen LogP contribution in [0.4, 0.5) is 0 Å². The highest BCUT2D eigenvalue weighted by atomic mass is 32.1. The quantitative estimate of drug-likeness (QED) is 0.842. The van der Waals surface area contributed by atoms with Crippen LogP contribution in [-0.4, -0.2) is 41.5 Å². The monoisotopic (exact) mass is 364 g/mol. The van der Waals surface area contributed by atoms with E-state index in [2.05, 4.69) is 32.2 Å². The van der Waals surface area contributed by atoms with Crippen LogP contribution in [0.5, 0.6) is 0 Å². The normalized spacial score (nSPS) is 27.9. The first kappa shape index (κ1) is 18.4. The van der Waals surface area contributed by atoms with Crippen LogP contribution in [0.3, 0.4) is 0 Å². The first-order valence-corrected chi connectivity index (χ1v) is 9.89. The highest BCUT2D eigenvalue weighted by molar-refractivity contribution is 7.10. The second-order valence-electron chi connectivity index (χ2n) is 8.60. The molecule has 0 spiro atoms. The van der Waals surface area contributed by atoms with Crippen molar-refractivity contribution in [3.05, 3.63) is 22.4 Å². The Bertz CT molecular complexity index is 638. The van der Waals surface area contributed by atoms with Gasteiger partial charge in [-0.2, -0.15) is 0 Å². The van der Waals surface area contributed by atoms with E-state index in [1.54, 1.807) is 11.3 Å². The molecule has 2 N–H and O–H groups in total. The Kier molecular flexibility index (Phi) is 4.95. The van der Waals surface area contributed by atoms with Gasteiger partial charge in [0.15, 0.2) is 0 Å². The maximum Gasteiger partial charge on any atom is 0.311 e. The predicted molar refractivity (Wildman–Crippen MR) is 98.5 cm³/mol. The first-order chi connectivity index (χ1) is 11.7. The minimum atomic E-state index is -0.691. The molecule has 5 nitrogen and oxygen atoms in total. The molecule has 0 radical (unpaired) electrons. The van der Waals surface area contributed by atoms with Gasteiger partial charge in [-0.15, -0.1) is 11.3 Å². The smallest absolute Gasteiger partial charge is 0.311 e. The Morgan fingerprint density at radius 1 is 1.48 bits per heavy atom. The summed E-state index contributed by atoms with van der Waals surface area (Å²) < 4.78 is 0. The summed E-state index contributed by atoms with van der Waals surface area (Å²) in [4.78, 5) is 27.6. The van der Waals surface area contributed by atoms with E-state index < -0.39 is 11.4 Å². The van der Waals surface area contributed by atoms with E-state index in [0.717, 1.165) is 30.7 Å². The minimum absolute atomic E-state index is 0.0196. The van der Waals surface area contributed by atoms with Crippen LogP contribution in [0, 0.1) is 16.7 Å². The number of nitrogens with zero attached hydrogens (tertiary/aromatic N) is 1. The molecule has 1 saturated heterocycles. The van der Waals surface area contributed by atoms with Gasteiger partial charge in [0.05, 0.1) is 18.0 Å². The number of hydrogen-bond acceptors (Lipinski definition) is 4. The Balaban J connectivity index is 1.64. The summed E-state index contributed by atoms with van der Waals surface area (Å²) in [6.07, 6.45) is 2.69. The van der Waals surface area contributed by atoms with Crippen LogP contribution in [0.2, 0.25) is 0 Å². The van der Waals surface area contributed by atoms with Crippen LogP contribution < -0.4 is 5.32 Å². The molecule has 2 fully saturated rings. The number of carbonyl (C=O) groups excluding carboxylic acids is 1. The molecule has 1 saturated carbocycles. The van der Waals surface area contributed by atoms with Gasteiger partial charge in [0.1, 0.15) is 0 Å². The fourth-order valence-electron chi connectivity index (χ4n) is 4.44. The Morgan fingerprint density at radius 3 is 2.80 bits per heavy atom. The zero-order valence-electron chi connectivity index (χ0n) is 15.2. The second-order valence-corrected chi connectivity index (χ2v) is 9.58. The van der Waals surface area contributed by atoms with Crippen molar-refractivity contribution in [3.8, 4) is 0 Å². The number of aliphatic carboxylic acids is 1. The molecule has 3 rings (SSSR count). The highest BCUT2D eigenvalue weighted by Crippen LogP contribution is 2.48. The van der Waals surface area contributed by atoms with Gasteiger partial charge in [0.25, 0.3) is 0 Å². The third kappa shape index (κ3) is 3.60. The standard InChI is InChI=1S/C19H28N2O3S/c1-18(2,3)16(14-7-5-9-25-14)20-15(22)11-21-10-13-6-4-8-19(13,12-21)17(23)24/h5,7,9,13,16H,4,6,8,10-12H2,1-3H3,(H,20,22)(H,23,24)/t13-,16?,19+/m0/s1. The molecule has 2 heterocycles. The van der Waals surface area contributed by atoms with Crippen LogP contribution in [-0.2, 0) is 9.59 Å². The lowest BCUT2D eigenvalue weighted by atomic mass is 9.81. The highest BCUT2D eigenvalue weighted by Gasteiger charge is 2.54. The fraction of sp³-hybridized carbons (Fsp3) is 0.684. The van der Waals surface area contributed by atoms with Crippen molar-refractivity contribution >= 4 is 23.2 Å². The van der Waals surface area contributed by atoms with Crippen molar-refractivity contribution in [2.75, 3.05) is 19.6 Å². The van der Waals surface area contributed by atoms with E-state index in [1.807, 2.05) is 16.3 Å². The molecule has 0 bridgehead atoms. The maximum atomic E-state index is 12.6. The molecule has 1 aliphatic carbocycles. The van der Waals surface area contributed by atoms with Crippen LogP contribution >= 0.6 is 11.3 Å². The molecule has 6 heteroatoms. The van der Waals surface area contributed by atoms with Gasteiger partial charge in [-0.3, -0.25) is 14.5 Å². The van der Waals surface area contributed by atoms with E-state index in [4.69, 9.17) is 0 Å². The number of amides is 1. The summed E-state index contributed by atoms with van der Waals surface area (Å²) in [7, 11) is 0. The molecule has 0 aromatic carbocycles. The molecule has 1 aromatic rings. The zero-order valence-corrected chi connectivity index (χ0v) is 16.1. The van der Waals surface area contributed by atoms with Gasteiger partial charge >= 0.3 is 5.97 Å². The third-order valence-corrected chi connectivity index (χ3v) is 6.67. The van der Waals surface area contributed by atoms with Crippen molar-refractivity contribution in [2.24, 2.45) is 16.7 Å². The Hall–Kier alpha value is -1.40. The van der Waals surface area contributed by atoms with Crippen molar-refractivity contribution in [2.45, 2.75) is 46.1 Å². The summed E-state index contributed by atoms with van der Waals surface area (Å²) >= 11 is 1.65. The van der Waals surface area contributed by atoms with Crippen molar-refractivity contribution in [3.63, 3.8) is 0 Å². The van der Waals surface area contributed by atoms with Crippen LogP contribution in [0.15, 0.2) is 17.5 Å². The number of nitrogens with one attached hydrogen (secondary N) is 1. The molecular formula is C19H28N2O3S. The number of carboxylic acid groups (broad SMARTS) is 1. The van der Waals surface area contributed by atoms with E-state index in [9.17, 15) is 14.7 Å². The second kappa shape index (κ2) is 6.72. The summed E-state index contributed by atoms with van der Waals surface area (Å²) in [6.45, 7) is 7.87. The lowest BCUT2D eigenvalue weighted by Crippen LogP contribution is -2.43. The number of carboxylic acids is 1. The van der Waals surface area contributed by atoms with E-state index in [-0.39, 0.29) is 29.8 Å². The van der Waals surface area contributed by atoms with Gasteiger partial charge in [0, 0.05) is 18.0 Å². The van der Waals surface area contributed by atoms with Crippen LogP contribution in [0.1, 0.15) is 51.0 Å². The topological polar surface area (TPSA) is 69.6 Å². The largest absolute Gasteiger partial charge is 0.481 e. The minimum Gasteiger partial charge on any atom is -0.481 e. The summed E-state index contributed by atoms with van der Waals surface area (Å²) in [5.41, 5.74) is -0.707. The van der Waals surface area contributed by atoms with Gasteiger partial charge in [-0.1, -0.05) is 33.3 Å². The molecule has 2 aliphatic rings. The molecule has 25 heavy (non-hydrogen) atoms. The molecule has 1 amide bonds. The van der Waals surface area contributed by atoms with E-state index in [1.165, 1.54) is 0 Å². The lowest BCUT2D eigenvalue weighted by Gasteiger charge is -2.31. The van der Waals surface area contributed by atoms with Crippen molar-refractivity contribution in [1.29, 1.82) is 0 Å². The van der Waals surface area contributed by atoms with Gasteiger partial charge in [-0.25, -0.2) is 0 Å². The van der Waals surface area contributed by atoms with E-state index >= 15 is 0 Å². The summed E-state index contributed by atoms with van der Waals surface area (Å²) in [6, 6.07) is 4.03. The number of likely N-dealkylation sites (tertiary alicyclic amines) is 1. The molecule has 1 aromatic heterocycles. The zero-order chi connectivity index (χ0) is 18.2. The molecule has 1 unspecified atom stereocenters. The number of rotatable bonds is 5. The maximum absolute atomic E-state index is 12.6. The number of hydrogen-bond donors (Lipinski definition) is 2. The van der Waals surface area contributed by atoms with Gasteiger partial charge < -0.3 is 10.4 Å². The Morgan fingerprint density at radius 2 is 2.24 bits per heavy atom. The number of carbonyl (C=O) groups is 2. The lowest BCUT2D eigenvalue weighted by molar-refractivity contribution is -0.149. The summed E-state index contributed by atoms with van der Waals surface area (Å²) in [5, 5.41) is 14.9. The summed E-state index contributed by atoms with van der Waals surface area (Å²) in [5.74, 6) is -0.522. The molecule has 138 valence electrons. The molecular weight excluding hydrogens is 336 g/mol. The van der Waals surface area contributed by atoms with Crippen LogP contribution in [0.25, 0.3) is 0 Å². The third-order valence-electron chi connectivity index (χ3n) is 5.73. The average Bonchev–Trinajstić information content (AvgIpc) is 3.18. The molecule has 1 aliphatic heterocycles. The van der Waals surface area contributed by atoms with Gasteiger partial charge in [0.2, 0.25) is 5.91 Å². The molecule has 3 atom stereocenters.